The number of aromatic nitrogens is 3. The third kappa shape index (κ3) is 5.71. The standard InChI is InChI=1S/C39H33BN3O3/c1-38(2,44)39(3,4)46-40-31-19-12-20-33-34(31)30-24-28(21-22-32(30)45-33)27-17-11-18-29(23-27)37-42-35(25-13-7-5-8-14-25)41-36(43-37)26-15-9-6-10-16-26/h5-24,44H,1-4H3. The second-order valence-electron chi connectivity index (χ2n) is 12.5. The summed E-state index contributed by atoms with van der Waals surface area (Å²) in [5.74, 6) is 1.85. The van der Waals surface area contributed by atoms with Gasteiger partial charge in [0, 0.05) is 27.5 Å². The van der Waals surface area contributed by atoms with E-state index >= 15 is 0 Å². The molecule has 1 radical (unpaired) electrons. The Morgan fingerprint density at radius 1 is 0.565 bits per heavy atom. The average molecular weight is 603 g/mol. The molecule has 6 nitrogen and oxygen atoms in total. The van der Waals surface area contributed by atoms with E-state index in [0.29, 0.717) is 17.5 Å². The van der Waals surface area contributed by atoms with E-state index in [1.165, 1.54) is 0 Å². The molecule has 5 aromatic carbocycles. The Bertz CT molecular complexity index is 2110. The van der Waals surface area contributed by atoms with Crippen LogP contribution in [-0.2, 0) is 4.65 Å². The van der Waals surface area contributed by atoms with Crippen LogP contribution in [0.4, 0.5) is 0 Å². The first kappa shape index (κ1) is 29.6. The summed E-state index contributed by atoms with van der Waals surface area (Å²) in [5.41, 5.74) is 5.42. The highest BCUT2D eigenvalue weighted by Crippen LogP contribution is 2.34. The van der Waals surface area contributed by atoms with Gasteiger partial charge in [-0.25, -0.2) is 15.0 Å². The van der Waals surface area contributed by atoms with Gasteiger partial charge in [0.15, 0.2) is 17.5 Å². The van der Waals surface area contributed by atoms with Crippen LogP contribution in [-0.4, -0.2) is 38.7 Å². The summed E-state index contributed by atoms with van der Waals surface area (Å²) in [6, 6.07) is 40.4. The molecule has 0 unspecified atom stereocenters. The molecule has 0 aliphatic carbocycles. The molecule has 2 heterocycles. The van der Waals surface area contributed by atoms with E-state index in [1.807, 2.05) is 111 Å². The SMILES string of the molecule is CC(C)(O)C(C)(C)O[B]c1cccc2oc3ccc(-c4cccc(-c5nc(-c6ccccc6)nc(-c6ccccc6)n5)c4)cc3c12. The first-order chi connectivity index (χ1) is 22.2. The van der Waals surface area contributed by atoms with Gasteiger partial charge in [-0.05, 0) is 68.6 Å². The van der Waals surface area contributed by atoms with Crippen molar-refractivity contribution in [2.75, 3.05) is 0 Å². The van der Waals surface area contributed by atoms with E-state index in [0.717, 1.165) is 55.2 Å². The van der Waals surface area contributed by atoms with Crippen molar-refractivity contribution in [3.63, 3.8) is 0 Å². The lowest BCUT2D eigenvalue weighted by molar-refractivity contribution is -0.0893. The molecule has 7 rings (SSSR count). The van der Waals surface area contributed by atoms with Gasteiger partial charge in [-0.1, -0.05) is 97.1 Å². The van der Waals surface area contributed by atoms with Crippen molar-refractivity contribution in [1.82, 2.24) is 15.0 Å². The van der Waals surface area contributed by atoms with Gasteiger partial charge >= 0.3 is 7.48 Å². The number of furan rings is 1. The third-order valence-electron chi connectivity index (χ3n) is 8.63. The summed E-state index contributed by atoms with van der Waals surface area (Å²) in [7, 11) is 1.72. The zero-order valence-corrected chi connectivity index (χ0v) is 26.2. The molecule has 2 aromatic heterocycles. The fourth-order valence-corrected chi connectivity index (χ4v) is 5.26. The third-order valence-corrected chi connectivity index (χ3v) is 8.63. The van der Waals surface area contributed by atoms with E-state index in [-0.39, 0.29) is 0 Å². The number of aliphatic hydroxyl groups is 1. The predicted molar refractivity (Wildman–Crippen MR) is 186 cm³/mol. The molecule has 1 N–H and O–H groups in total. The van der Waals surface area contributed by atoms with Crippen molar-refractivity contribution in [3.8, 4) is 45.3 Å². The molecule has 7 heteroatoms. The predicted octanol–water partition coefficient (Wildman–Crippen LogP) is 8.25. The summed E-state index contributed by atoms with van der Waals surface area (Å²) < 4.78 is 12.4. The maximum Gasteiger partial charge on any atom is 0.331 e. The highest BCUT2D eigenvalue weighted by molar-refractivity contribution is 6.52. The Kier molecular flexibility index (Phi) is 7.51. The van der Waals surface area contributed by atoms with Crippen LogP contribution in [0, 0.1) is 0 Å². The second-order valence-corrected chi connectivity index (χ2v) is 12.5. The zero-order chi connectivity index (χ0) is 31.9. The number of benzene rings is 5. The minimum absolute atomic E-state index is 0.604. The maximum absolute atomic E-state index is 10.6. The van der Waals surface area contributed by atoms with Gasteiger partial charge in [0.1, 0.15) is 11.2 Å². The van der Waals surface area contributed by atoms with Crippen molar-refractivity contribution in [3.05, 3.63) is 121 Å². The molecule has 0 atom stereocenters. The van der Waals surface area contributed by atoms with Crippen molar-refractivity contribution < 1.29 is 14.2 Å². The monoisotopic (exact) mass is 602 g/mol. The molecular weight excluding hydrogens is 569 g/mol. The normalized spacial score (nSPS) is 12.1. The Labute approximate surface area is 269 Å². The van der Waals surface area contributed by atoms with Gasteiger partial charge in [-0.2, -0.15) is 0 Å². The van der Waals surface area contributed by atoms with Gasteiger partial charge < -0.3 is 14.2 Å². The van der Waals surface area contributed by atoms with Crippen molar-refractivity contribution in [1.29, 1.82) is 0 Å². The Balaban J connectivity index is 1.30. The lowest BCUT2D eigenvalue weighted by Gasteiger charge is -2.37. The van der Waals surface area contributed by atoms with Crippen LogP contribution in [0.25, 0.3) is 67.2 Å². The Morgan fingerprint density at radius 3 is 1.74 bits per heavy atom. The first-order valence-corrected chi connectivity index (χ1v) is 15.3. The van der Waals surface area contributed by atoms with E-state index in [1.54, 1.807) is 21.3 Å². The number of hydrogen-bond acceptors (Lipinski definition) is 6. The summed E-state index contributed by atoms with van der Waals surface area (Å²) in [5, 5.41) is 12.5. The molecule has 0 saturated heterocycles. The molecule has 0 amide bonds. The van der Waals surface area contributed by atoms with Crippen LogP contribution in [0.15, 0.2) is 126 Å². The van der Waals surface area contributed by atoms with Crippen LogP contribution in [0.2, 0.25) is 0 Å². The maximum atomic E-state index is 10.6. The smallest absolute Gasteiger partial charge is 0.331 e. The summed E-state index contributed by atoms with van der Waals surface area (Å²) >= 11 is 0. The van der Waals surface area contributed by atoms with E-state index < -0.39 is 11.2 Å². The molecular formula is C39H33BN3O3. The van der Waals surface area contributed by atoms with Gasteiger partial charge in [0.25, 0.3) is 0 Å². The van der Waals surface area contributed by atoms with Crippen molar-refractivity contribution >= 4 is 34.9 Å². The van der Waals surface area contributed by atoms with Gasteiger partial charge in [-0.3, -0.25) is 0 Å². The molecule has 0 saturated carbocycles. The number of fused-ring (bicyclic) bond motifs is 3. The molecule has 225 valence electrons. The second kappa shape index (κ2) is 11.7. The fraction of sp³-hybridized carbons (Fsp3) is 0.154. The van der Waals surface area contributed by atoms with E-state index in [4.69, 9.17) is 24.0 Å². The highest BCUT2D eigenvalue weighted by Gasteiger charge is 2.36. The molecule has 0 spiro atoms. The van der Waals surface area contributed by atoms with Crippen LogP contribution in [0.1, 0.15) is 27.7 Å². The van der Waals surface area contributed by atoms with Crippen LogP contribution >= 0.6 is 0 Å². The summed E-state index contributed by atoms with van der Waals surface area (Å²) in [6.07, 6.45) is 0. The lowest BCUT2D eigenvalue weighted by atomic mass is 9.80. The minimum atomic E-state index is -1.03. The number of hydrogen-bond donors (Lipinski definition) is 1. The van der Waals surface area contributed by atoms with Crippen molar-refractivity contribution in [2.45, 2.75) is 38.9 Å². The van der Waals surface area contributed by atoms with E-state index in [9.17, 15) is 5.11 Å². The number of nitrogens with zero attached hydrogens (tertiary/aromatic N) is 3. The quantitative estimate of drug-likeness (QED) is 0.177. The fourth-order valence-electron chi connectivity index (χ4n) is 5.26. The van der Waals surface area contributed by atoms with Crippen LogP contribution in [0.3, 0.4) is 0 Å². The van der Waals surface area contributed by atoms with Gasteiger partial charge in [0.05, 0.1) is 11.2 Å². The van der Waals surface area contributed by atoms with Crippen LogP contribution in [0.5, 0.6) is 0 Å². The van der Waals surface area contributed by atoms with Gasteiger partial charge in [0.2, 0.25) is 0 Å². The average Bonchev–Trinajstić information content (AvgIpc) is 3.46. The van der Waals surface area contributed by atoms with E-state index in [2.05, 4.69) is 24.3 Å². The largest absolute Gasteiger partial charge is 0.456 e. The van der Waals surface area contributed by atoms with Crippen LogP contribution < -0.4 is 5.46 Å². The molecule has 0 aliphatic rings. The molecule has 46 heavy (non-hydrogen) atoms. The topological polar surface area (TPSA) is 81.3 Å². The van der Waals surface area contributed by atoms with Crippen molar-refractivity contribution in [2.24, 2.45) is 0 Å². The zero-order valence-electron chi connectivity index (χ0n) is 26.2. The lowest BCUT2D eigenvalue weighted by Crippen LogP contribution is -2.49. The molecule has 0 aliphatic heterocycles. The molecule has 0 fully saturated rings. The summed E-state index contributed by atoms with van der Waals surface area (Å²) in [4.78, 5) is 14.7. The minimum Gasteiger partial charge on any atom is -0.456 e. The number of rotatable bonds is 8. The molecule has 0 bridgehead atoms. The van der Waals surface area contributed by atoms with Gasteiger partial charge in [-0.15, -0.1) is 0 Å². The Hall–Kier alpha value is -5.11. The first-order valence-electron chi connectivity index (χ1n) is 15.3. The highest BCUT2D eigenvalue weighted by atomic mass is 16.5. The molecule has 7 aromatic rings. The Morgan fingerprint density at radius 2 is 1.11 bits per heavy atom. The summed E-state index contributed by atoms with van der Waals surface area (Å²) in [6.45, 7) is 7.24.